The minimum atomic E-state index is -0.276. The summed E-state index contributed by atoms with van der Waals surface area (Å²) in [6.45, 7) is 5.84. The Hall–Kier alpha value is -3.13. The second-order valence-electron chi connectivity index (χ2n) is 6.95. The number of nitrogens with one attached hydrogen (secondary N) is 2. The average molecular weight is 415 g/mol. The van der Waals surface area contributed by atoms with Gasteiger partial charge in [-0.25, -0.2) is 19.5 Å². The number of anilines is 1. The molecule has 0 aliphatic carbocycles. The first-order valence-electron chi connectivity index (χ1n) is 9.18. The van der Waals surface area contributed by atoms with E-state index in [1.54, 1.807) is 35.2 Å². The molecule has 0 bridgehead atoms. The summed E-state index contributed by atoms with van der Waals surface area (Å²) >= 11 is 6.40. The molecule has 0 aliphatic heterocycles. The van der Waals surface area contributed by atoms with Gasteiger partial charge >= 0.3 is 0 Å². The number of rotatable bonds is 6. The van der Waals surface area contributed by atoms with Crippen molar-refractivity contribution >= 4 is 28.6 Å². The van der Waals surface area contributed by atoms with Crippen molar-refractivity contribution in [3.8, 4) is 11.7 Å². The molecule has 0 aliphatic rings. The first kappa shape index (κ1) is 19.2. The molecule has 3 aromatic heterocycles. The molecule has 4 rings (SSSR count). The van der Waals surface area contributed by atoms with E-state index in [9.17, 15) is 4.39 Å². The molecule has 0 unspecified atom stereocenters. The Morgan fingerprint density at radius 2 is 1.93 bits per heavy atom. The van der Waals surface area contributed by atoms with Crippen molar-refractivity contribution in [3.05, 3.63) is 59.1 Å². The van der Waals surface area contributed by atoms with Gasteiger partial charge < -0.3 is 10.1 Å². The van der Waals surface area contributed by atoms with Gasteiger partial charge in [0.1, 0.15) is 23.5 Å². The number of aromatic amines is 1. The third-order valence-electron chi connectivity index (χ3n) is 4.35. The van der Waals surface area contributed by atoms with E-state index < -0.39 is 0 Å². The van der Waals surface area contributed by atoms with Crippen molar-refractivity contribution in [1.82, 2.24) is 24.7 Å². The van der Waals surface area contributed by atoms with E-state index in [0.717, 1.165) is 5.56 Å². The number of hydrogen-bond acceptors (Lipinski definition) is 5. The summed E-state index contributed by atoms with van der Waals surface area (Å²) in [6.07, 6.45) is 1.67. The number of pyridine rings is 1. The highest BCUT2D eigenvalue weighted by Gasteiger charge is 2.15. The standard InChI is InChI=1S/C20H20ClFN6O/c1-11(2)29-18-9-17(26-27-18)28-10-23-16-8-15(21)19(25-20(16)28)24-12(3)13-4-6-14(22)7-5-13/h4-12H,1-3H3,(H,24,25)(H,26,27)/t12-/m0/s1. The van der Waals surface area contributed by atoms with Crippen LogP contribution in [-0.4, -0.2) is 30.8 Å². The van der Waals surface area contributed by atoms with Crippen LogP contribution in [0.25, 0.3) is 17.0 Å². The summed E-state index contributed by atoms with van der Waals surface area (Å²) in [5.41, 5.74) is 2.16. The van der Waals surface area contributed by atoms with Crippen molar-refractivity contribution in [1.29, 1.82) is 0 Å². The van der Waals surface area contributed by atoms with Gasteiger partial charge in [0.2, 0.25) is 5.88 Å². The van der Waals surface area contributed by atoms with Crippen LogP contribution in [0.5, 0.6) is 5.88 Å². The zero-order chi connectivity index (χ0) is 20.5. The molecule has 0 amide bonds. The van der Waals surface area contributed by atoms with E-state index in [2.05, 4.69) is 25.5 Å². The van der Waals surface area contributed by atoms with E-state index in [1.807, 2.05) is 20.8 Å². The van der Waals surface area contributed by atoms with Crippen LogP contribution in [0, 0.1) is 5.82 Å². The smallest absolute Gasteiger partial charge is 0.211 e. The molecule has 0 fully saturated rings. The van der Waals surface area contributed by atoms with Crippen molar-refractivity contribution in [2.24, 2.45) is 0 Å². The predicted octanol–water partition coefficient (Wildman–Crippen LogP) is 4.90. The molecule has 1 aromatic carbocycles. The predicted molar refractivity (Wildman–Crippen MR) is 110 cm³/mol. The van der Waals surface area contributed by atoms with E-state index >= 15 is 0 Å². The Labute approximate surface area is 171 Å². The maximum atomic E-state index is 13.2. The van der Waals surface area contributed by atoms with Crippen LogP contribution >= 0.6 is 11.6 Å². The Balaban J connectivity index is 1.65. The van der Waals surface area contributed by atoms with E-state index in [0.29, 0.717) is 33.7 Å². The first-order valence-corrected chi connectivity index (χ1v) is 9.56. The van der Waals surface area contributed by atoms with Gasteiger partial charge in [-0.2, -0.15) is 5.10 Å². The molecule has 150 valence electrons. The SMILES string of the molecule is CC(C)Oc1cc(-n2cnc3cc(Cl)c(N[C@@H](C)c4ccc(F)cc4)nc32)n[nH]1. The molecular formula is C20H20ClFN6O. The lowest BCUT2D eigenvalue weighted by Crippen LogP contribution is -2.09. The molecule has 29 heavy (non-hydrogen) atoms. The fourth-order valence-electron chi connectivity index (χ4n) is 2.96. The van der Waals surface area contributed by atoms with Crippen LogP contribution in [-0.2, 0) is 0 Å². The van der Waals surface area contributed by atoms with Gasteiger partial charge in [0, 0.05) is 12.1 Å². The molecule has 3 heterocycles. The third kappa shape index (κ3) is 4.02. The second kappa shape index (κ2) is 7.71. The highest BCUT2D eigenvalue weighted by Crippen LogP contribution is 2.29. The minimum Gasteiger partial charge on any atom is -0.475 e. The second-order valence-corrected chi connectivity index (χ2v) is 7.36. The minimum absolute atomic E-state index is 0.0310. The number of nitrogens with zero attached hydrogens (tertiary/aromatic N) is 4. The number of benzene rings is 1. The Kier molecular flexibility index (Phi) is 5.10. The Bertz CT molecular complexity index is 1140. The monoisotopic (exact) mass is 414 g/mol. The normalized spacial score (nSPS) is 12.5. The van der Waals surface area contributed by atoms with Gasteiger partial charge in [0.25, 0.3) is 0 Å². The number of ether oxygens (including phenoxy) is 1. The van der Waals surface area contributed by atoms with Gasteiger partial charge in [-0.15, -0.1) is 0 Å². The van der Waals surface area contributed by atoms with Crippen molar-refractivity contribution in [2.75, 3.05) is 5.32 Å². The zero-order valence-electron chi connectivity index (χ0n) is 16.1. The molecule has 4 aromatic rings. The van der Waals surface area contributed by atoms with Crippen LogP contribution in [0.4, 0.5) is 10.2 Å². The van der Waals surface area contributed by atoms with Gasteiger partial charge in [0.15, 0.2) is 11.5 Å². The van der Waals surface area contributed by atoms with Gasteiger partial charge in [-0.1, -0.05) is 23.7 Å². The number of imidazole rings is 1. The summed E-state index contributed by atoms with van der Waals surface area (Å²) in [6, 6.07) is 9.72. The molecule has 0 saturated heterocycles. The van der Waals surface area contributed by atoms with Crippen LogP contribution < -0.4 is 10.1 Å². The number of halogens is 2. The van der Waals surface area contributed by atoms with Gasteiger partial charge in [-0.05, 0) is 44.5 Å². The quantitative estimate of drug-likeness (QED) is 0.469. The topological polar surface area (TPSA) is 80.7 Å². The van der Waals surface area contributed by atoms with Crippen LogP contribution in [0.1, 0.15) is 32.4 Å². The molecule has 9 heteroatoms. The van der Waals surface area contributed by atoms with E-state index in [-0.39, 0.29) is 18.0 Å². The van der Waals surface area contributed by atoms with Crippen molar-refractivity contribution in [2.45, 2.75) is 32.9 Å². The highest BCUT2D eigenvalue weighted by atomic mass is 35.5. The summed E-state index contributed by atoms with van der Waals surface area (Å²) in [4.78, 5) is 9.02. The third-order valence-corrected chi connectivity index (χ3v) is 4.64. The lowest BCUT2D eigenvalue weighted by molar-refractivity contribution is 0.232. The molecule has 0 saturated carbocycles. The zero-order valence-corrected chi connectivity index (χ0v) is 16.9. The maximum absolute atomic E-state index is 13.2. The van der Waals surface area contributed by atoms with Crippen LogP contribution in [0.15, 0.2) is 42.7 Å². The summed E-state index contributed by atoms with van der Waals surface area (Å²) in [7, 11) is 0. The molecule has 0 radical (unpaired) electrons. The molecule has 7 nitrogen and oxygen atoms in total. The number of aromatic nitrogens is 5. The van der Waals surface area contributed by atoms with Gasteiger partial charge in [0.05, 0.1) is 11.1 Å². The number of hydrogen-bond donors (Lipinski definition) is 2. The van der Waals surface area contributed by atoms with Gasteiger partial charge in [-0.3, -0.25) is 4.57 Å². The summed E-state index contributed by atoms with van der Waals surface area (Å²) < 4.78 is 20.6. The first-order chi connectivity index (χ1) is 13.9. The molecule has 2 N–H and O–H groups in total. The van der Waals surface area contributed by atoms with Crippen LogP contribution in [0.2, 0.25) is 5.02 Å². The summed E-state index contributed by atoms with van der Waals surface area (Å²) in [5, 5.41) is 10.9. The molecule has 1 atom stereocenters. The average Bonchev–Trinajstić information content (AvgIpc) is 3.28. The van der Waals surface area contributed by atoms with E-state index in [4.69, 9.17) is 16.3 Å². The Morgan fingerprint density at radius 3 is 2.66 bits per heavy atom. The summed E-state index contributed by atoms with van der Waals surface area (Å²) in [5.74, 6) is 1.40. The molecular weight excluding hydrogens is 395 g/mol. The molecule has 0 spiro atoms. The van der Waals surface area contributed by atoms with Crippen LogP contribution in [0.3, 0.4) is 0 Å². The fourth-order valence-corrected chi connectivity index (χ4v) is 3.16. The maximum Gasteiger partial charge on any atom is 0.211 e. The number of H-pyrrole nitrogens is 1. The lowest BCUT2D eigenvalue weighted by atomic mass is 10.1. The largest absolute Gasteiger partial charge is 0.475 e. The fraction of sp³-hybridized carbons (Fsp3) is 0.250. The van der Waals surface area contributed by atoms with E-state index in [1.165, 1.54) is 12.1 Å². The Morgan fingerprint density at radius 1 is 1.17 bits per heavy atom. The van der Waals surface area contributed by atoms with Crippen molar-refractivity contribution in [3.63, 3.8) is 0 Å². The highest BCUT2D eigenvalue weighted by molar-refractivity contribution is 6.33. The number of fused-ring (bicyclic) bond motifs is 1. The van der Waals surface area contributed by atoms with Crippen molar-refractivity contribution < 1.29 is 9.13 Å². The lowest BCUT2D eigenvalue weighted by Gasteiger charge is -2.16.